The smallest absolute Gasteiger partial charge is 0.288 e. The molecule has 5 N–H and O–H groups in total. The summed E-state index contributed by atoms with van der Waals surface area (Å²) in [7, 11) is 0. The first-order valence-electron chi connectivity index (χ1n) is 8.08. The van der Waals surface area contributed by atoms with Crippen molar-refractivity contribution in [3.63, 3.8) is 0 Å². The molecule has 24 heavy (non-hydrogen) atoms. The number of pyridine rings is 1. The quantitative estimate of drug-likeness (QED) is 0.620. The molecule has 3 rings (SSSR count). The molecule has 0 aliphatic heterocycles. The second kappa shape index (κ2) is 7.58. The number of hydrogen-bond donors (Lipinski definition) is 4. The SMILES string of the molecule is Nc1c(NNC(=O)c2ccccn2)ncnc1NC1CCCCC1. The summed E-state index contributed by atoms with van der Waals surface area (Å²) in [6, 6.07) is 5.49. The van der Waals surface area contributed by atoms with E-state index in [1.165, 1.54) is 25.6 Å². The fourth-order valence-electron chi connectivity index (χ4n) is 2.73. The summed E-state index contributed by atoms with van der Waals surface area (Å²) in [6.07, 6.45) is 8.91. The fraction of sp³-hybridized carbons (Fsp3) is 0.375. The van der Waals surface area contributed by atoms with Crippen molar-refractivity contribution in [2.45, 2.75) is 38.1 Å². The molecule has 0 saturated heterocycles. The molecular weight excluding hydrogens is 306 g/mol. The Morgan fingerprint density at radius 1 is 1.08 bits per heavy atom. The lowest BCUT2D eigenvalue weighted by Crippen LogP contribution is -2.31. The van der Waals surface area contributed by atoms with Gasteiger partial charge in [-0.2, -0.15) is 0 Å². The molecule has 0 radical (unpaired) electrons. The number of nitrogens with zero attached hydrogens (tertiary/aromatic N) is 3. The van der Waals surface area contributed by atoms with Crippen LogP contribution in [0.15, 0.2) is 30.7 Å². The number of nitrogens with one attached hydrogen (secondary N) is 3. The molecule has 1 saturated carbocycles. The van der Waals surface area contributed by atoms with Crippen LogP contribution in [-0.4, -0.2) is 26.9 Å². The standard InChI is InChI=1S/C16H21N7O/c17-13-14(21-11-6-2-1-3-7-11)19-10-20-15(13)22-23-16(24)12-8-4-5-9-18-12/h4-5,8-11H,1-3,6-7,17H2,(H,23,24)(H2,19,20,21,22). The number of hydrazine groups is 1. The number of carbonyl (C=O) groups is 1. The highest BCUT2D eigenvalue weighted by molar-refractivity contribution is 5.93. The third-order valence-electron chi connectivity index (χ3n) is 4.02. The van der Waals surface area contributed by atoms with E-state index in [9.17, 15) is 4.79 Å². The number of anilines is 3. The number of amides is 1. The molecular formula is C16H21N7O. The predicted molar refractivity (Wildman–Crippen MR) is 92.3 cm³/mol. The van der Waals surface area contributed by atoms with E-state index in [1.54, 1.807) is 24.4 Å². The molecule has 1 amide bonds. The first-order valence-corrected chi connectivity index (χ1v) is 8.08. The molecule has 126 valence electrons. The predicted octanol–water partition coefficient (Wildman–Crippen LogP) is 1.96. The lowest BCUT2D eigenvalue weighted by molar-refractivity contribution is 0.0957. The Kier molecular flexibility index (Phi) is 5.05. The average Bonchev–Trinajstić information content (AvgIpc) is 2.64. The van der Waals surface area contributed by atoms with E-state index in [0.29, 0.717) is 29.1 Å². The van der Waals surface area contributed by atoms with E-state index in [1.807, 2.05) is 0 Å². The van der Waals surface area contributed by atoms with E-state index in [2.05, 4.69) is 31.1 Å². The van der Waals surface area contributed by atoms with Gasteiger partial charge in [-0.05, 0) is 25.0 Å². The van der Waals surface area contributed by atoms with Crippen LogP contribution in [0.4, 0.5) is 17.3 Å². The van der Waals surface area contributed by atoms with Crippen LogP contribution in [0.1, 0.15) is 42.6 Å². The van der Waals surface area contributed by atoms with Gasteiger partial charge in [-0.15, -0.1) is 0 Å². The van der Waals surface area contributed by atoms with Crippen molar-refractivity contribution in [2.75, 3.05) is 16.5 Å². The summed E-state index contributed by atoms with van der Waals surface area (Å²) in [5.41, 5.74) is 12.1. The van der Waals surface area contributed by atoms with Crippen molar-refractivity contribution in [3.05, 3.63) is 36.4 Å². The molecule has 0 unspecified atom stereocenters. The second-order valence-electron chi connectivity index (χ2n) is 5.76. The minimum absolute atomic E-state index is 0.304. The van der Waals surface area contributed by atoms with E-state index in [4.69, 9.17) is 5.73 Å². The fourth-order valence-corrected chi connectivity index (χ4v) is 2.73. The van der Waals surface area contributed by atoms with E-state index >= 15 is 0 Å². The number of aromatic nitrogens is 3. The van der Waals surface area contributed by atoms with Crippen molar-refractivity contribution >= 4 is 23.2 Å². The van der Waals surface area contributed by atoms with Gasteiger partial charge in [0, 0.05) is 12.2 Å². The summed E-state index contributed by atoms with van der Waals surface area (Å²) in [4.78, 5) is 24.3. The van der Waals surface area contributed by atoms with Crippen LogP contribution >= 0.6 is 0 Å². The summed E-state index contributed by atoms with van der Waals surface area (Å²) in [5, 5.41) is 3.37. The molecule has 8 heteroatoms. The number of carbonyl (C=O) groups excluding carboxylic acids is 1. The molecule has 1 aliphatic carbocycles. The monoisotopic (exact) mass is 327 g/mol. The number of hydrogen-bond acceptors (Lipinski definition) is 7. The number of nitrogens with two attached hydrogens (primary N) is 1. The first kappa shape index (κ1) is 16.0. The molecule has 2 heterocycles. The summed E-state index contributed by atoms with van der Waals surface area (Å²) < 4.78 is 0. The van der Waals surface area contributed by atoms with Gasteiger partial charge >= 0.3 is 0 Å². The van der Waals surface area contributed by atoms with Gasteiger partial charge < -0.3 is 11.1 Å². The molecule has 0 bridgehead atoms. The minimum atomic E-state index is -0.365. The summed E-state index contributed by atoms with van der Waals surface area (Å²) >= 11 is 0. The van der Waals surface area contributed by atoms with Crippen LogP contribution in [-0.2, 0) is 0 Å². The van der Waals surface area contributed by atoms with Crippen molar-refractivity contribution in [3.8, 4) is 0 Å². The van der Waals surface area contributed by atoms with Gasteiger partial charge in [0.1, 0.15) is 17.7 Å². The highest BCUT2D eigenvalue weighted by Gasteiger charge is 2.16. The lowest BCUT2D eigenvalue weighted by Gasteiger charge is -2.24. The zero-order valence-corrected chi connectivity index (χ0v) is 13.3. The molecule has 0 atom stereocenters. The highest BCUT2D eigenvalue weighted by Crippen LogP contribution is 2.26. The molecule has 2 aromatic rings. The minimum Gasteiger partial charge on any atom is -0.393 e. The summed E-state index contributed by atoms with van der Waals surface area (Å²) in [6.45, 7) is 0. The largest absolute Gasteiger partial charge is 0.393 e. The van der Waals surface area contributed by atoms with Crippen molar-refractivity contribution in [1.29, 1.82) is 0 Å². The Bertz CT molecular complexity index is 686. The molecule has 1 aliphatic rings. The maximum Gasteiger partial charge on any atom is 0.288 e. The van der Waals surface area contributed by atoms with Crippen molar-refractivity contribution < 1.29 is 4.79 Å². The van der Waals surface area contributed by atoms with E-state index in [0.717, 1.165) is 12.8 Å². The number of rotatable bonds is 5. The Balaban J connectivity index is 1.63. The van der Waals surface area contributed by atoms with Crippen LogP contribution in [0.3, 0.4) is 0 Å². The van der Waals surface area contributed by atoms with Gasteiger partial charge in [0.25, 0.3) is 5.91 Å². The van der Waals surface area contributed by atoms with Gasteiger partial charge in [-0.25, -0.2) is 9.97 Å². The highest BCUT2D eigenvalue weighted by atomic mass is 16.2. The van der Waals surface area contributed by atoms with Crippen LogP contribution in [0.5, 0.6) is 0 Å². The third-order valence-corrected chi connectivity index (χ3v) is 4.02. The van der Waals surface area contributed by atoms with Gasteiger partial charge in [-0.1, -0.05) is 25.3 Å². The Hall–Kier alpha value is -2.90. The zero-order chi connectivity index (χ0) is 16.8. The third kappa shape index (κ3) is 3.89. The molecule has 8 nitrogen and oxygen atoms in total. The molecule has 2 aromatic heterocycles. The second-order valence-corrected chi connectivity index (χ2v) is 5.76. The average molecular weight is 327 g/mol. The van der Waals surface area contributed by atoms with Gasteiger partial charge in [-0.3, -0.25) is 20.6 Å². The van der Waals surface area contributed by atoms with Gasteiger partial charge in [0.15, 0.2) is 11.6 Å². The molecule has 1 fully saturated rings. The zero-order valence-electron chi connectivity index (χ0n) is 13.3. The normalized spacial score (nSPS) is 14.8. The number of nitrogen functional groups attached to an aromatic ring is 1. The van der Waals surface area contributed by atoms with Crippen LogP contribution < -0.4 is 21.9 Å². The lowest BCUT2D eigenvalue weighted by atomic mass is 9.95. The first-order chi connectivity index (χ1) is 11.7. The topological polar surface area (TPSA) is 118 Å². The van der Waals surface area contributed by atoms with Crippen LogP contribution in [0, 0.1) is 0 Å². The van der Waals surface area contributed by atoms with Gasteiger partial charge in [0.05, 0.1) is 0 Å². The van der Waals surface area contributed by atoms with Crippen molar-refractivity contribution in [2.24, 2.45) is 0 Å². The van der Waals surface area contributed by atoms with E-state index < -0.39 is 0 Å². The van der Waals surface area contributed by atoms with E-state index in [-0.39, 0.29) is 5.91 Å². The Morgan fingerprint density at radius 2 is 1.88 bits per heavy atom. The Morgan fingerprint density at radius 3 is 2.62 bits per heavy atom. The maximum absolute atomic E-state index is 12.0. The Labute approximate surface area is 140 Å². The summed E-state index contributed by atoms with van der Waals surface area (Å²) in [5.74, 6) is 0.578. The van der Waals surface area contributed by atoms with Crippen LogP contribution in [0.25, 0.3) is 0 Å². The maximum atomic E-state index is 12.0. The van der Waals surface area contributed by atoms with Gasteiger partial charge in [0.2, 0.25) is 0 Å². The molecule has 0 aromatic carbocycles. The van der Waals surface area contributed by atoms with Crippen LogP contribution in [0.2, 0.25) is 0 Å². The van der Waals surface area contributed by atoms with Crippen molar-refractivity contribution in [1.82, 2.24) is 20.4 Å². The molecule has 0 spiro atoms.